The zero-order chi connectivity index (χ0) is 17.1. The van der Waals surface area contributed by atoms with E-state index in [1.54, 1.807) is 20.8 Å². The molecule has 22 heavy (non-hydrogen) atoms. The molecule has 2 unspecified atom stereocenters. The van der Waals surface area contributed by atoms with Crippen LogP contribution >= 0.6 is 11.8 Å². The molecule has 1 N–H and O–H groups in total. The van der Waals surface area contributed by atoms with Crippen molar-refractivity contribution in [3.8, 4) is 0 Å². The maximum Gasteiger partial charge on any atom is 0.243 e. The fourth-order valence-corrected chi connectivity index (χ4v) is 3.05. The highest BCUT2D eigenvalue weighted by Crippen LogP contribution is 2.32. The van der Waals surface area contributed by atoms with Crippen LogP contribution in [0.3, 0.4) is 0 Å². The minimum absolute atomic E-state index is 0.117. The fraction of sp³-hybridized carbons (Fsp3) is 0.812. The summed E-state index contributed by atoms with van der Waals surface area (Å²) in [6, 6.07) is -0.455. The van der Waals surface area contributed by atoms with Crippen LogP contribution in [0.4, 0.5) is 0 Å². The van der Waals surface area contributed by atoms with E-state index in [9.17, 15) is 14.4 Å². The first-order chi connectivity index (χ1) is 10.1. The molecule has 1 fully saturated rings. The lowest BCUT2D eigenvalue weighted by atomic mass is 9.83. The van der Waals surface area contributed by atoms with Crippen LogP contribution in [0.1, 0.15) is 47.5 Å². The van der Waals surface area contributed by atoms with Crippen LogP contribution in [-0.4, -0.2) is 46.7 Å². The van der Waals surface area contributed by atoms with Crippen LogP contribution < -0.4 is 5.32 Å². The zero-order valence-corrected chi connectivity index (χ0v) is 15.3. The summed E-state index contributed by atoms with van der Waals surface area (Å²) < 4.78 is 0. The molecule has 0 radical (unpaired) electrons. The average Bonchev–Trinajstić information content (AvgIpc) is 2.71. The predicted octanol–water partition coefficient (Wildman–Crippen LogP) is 2.05. The molecule has 126 valence electrons. The van der Waals surface area contributed by atoms with Crippen LogP contribution in [0.5, 0.6) is 0 Å². The van der Waals surface area contributed by atoms with Crippen LogP contribution in [0.2, 0.25) is 0 Å². The number of hydrogen-bond acceptors (Lipinski definition) is 4. The van der Waals surface area contributed by atoms with Crippen LogP contribution in [0.15, 0.2) is 0 Å². The van der Waals surface area contributed by atoms with E-state index in [0.29, 0.717) is 12.5 Å². The van der Waals surface area contributed by atoms with E-state index in [1.165, 1.54) is 16.7 Å². The van der Waals surface area contributed by atoms with Gasteiger partial charge in [-0.15, -0.1) is 0 Å². The van der Waals surface area contributed by atoms with E-state index in [1.807, 2.05) is 6.26 Å². The number of thioether (sulfide) groups is 1. The quantitative estimate of drug-likeness (QED) is 0.727. The van der Waals surface area contributed by atoms with Crippen molar-refractivity contribution in [1.29, 1.82) is 0 Å². The Balaban J connectivity index is 2.77. The van der Waals surface area contributed by atoms with Gasteiger partial charge in [-0.25, -0.2) is 0 Å². The van der Waals surface area contributed by atoms with Gasteiger partial charge in [0.25, 0.3) is 0 Å². The van der Waals surface area contributed by atoms with Crippen molar-refractivity contribution in [3.63, 3.8) is 0 Å². The van der Waals surface area contributed by atoms with Gasteiger partial charge >= 0.3 is 0 Å². The summed E-state index contributed by atoms with van der Waals surface area (Å²) in [5.74, 6) is 0.0479. The Morgan fingerprint density at radius 1 is 1.36 bits per heavy atom. The maximum absolute atomic E-state index is 12.4. The second kappa shape index (κ2) is 7.49. The first-order valence-electron chi connectivity index (χ1n) is 7.79. The summed E-state index contributed by atoms with van der Waals surface area (Å²) in [6.07, 6.45) is 2.97. The number of likely N-dealkylation sites (tertiary alicyclic amines) is 1. The summed E-state index contributed by atoms with van der Waals surface area (Å²) in [5, 5.41) is 2.61. The number of nitrogens with zero attached hydrogens (tertiary/aromatic N) is 1. The van der Waals surface area contributed by atoms with Gasteiger partial charge in [-0.2, -0.15) is 11.8 Å². The molecular formula is C16H28N2O3S. The number of carbonyl (C=O) groups excluding carboxylic acids is 3. The topological polar surface area (TPSA) is 66.5 Å². The van der Waals surface area contributed by atoms with Gasteiger partial charge < -0.3 is 5.32 Å². The van der Waals surface area contributed by atoms with Crippen molar-refractivity contribution >= 4 is 29.5 Å². The number of hydrogen-bond donors (Lipinski definition) is 1. The largest absolute Gasteiger partial charge is 0.356 e. The van der Waals surface area contributed by atoms with Crippen molar-refractivity contribution < 1.29 is 14.4 Å². The lowest BCUT2D eigenvalue weighted by Gasteiger charge is -2.35. The van der Waals surface area contributed by atoms with E-state index in [-0.39, 0.29) is 29.4 Å². The molecule has 2 atom stereocenters. The first kappa shape index (κ1) is 19.0. The van der Waals surface area contributed by atoms with Gasteiger partial charge in [-0.1, -0.05) is 13.8 Å². The molecule has 3 amide bonds. The molecule has 0 bridgehead atoms. The minimum atomic E-state index is -0.810. The molecule has 1 aliphatic heterocycles. The molecule has 6 heteroatoms. The molecule has 0 aromatic carbocycles. The number of nitrogens with one attached hydrogen (secondary N) is 1. The van der Waals surface area contributed by atoms with E-state index in [4.69, 9.17) is 0 Å². The molecule has 1 aliphatic rings. The molecule has 0 saturated carbocycles. The highest BCUT2D eigenvalue weighted by atomic mass is 32.2. The predicted molar refractivity (Wildman–Crippen MR) is 89.5 cm³/mol. The molecule has 1 heterocycles. The van der Waals surface area contributed by atoms with Gasteiger partial charge in [-0.3, -0.25) is 19.3 Å². The lowest BCUT2D eigenvalue weighted by molar-refractivity contribution is -0.146. The SMILES string of the molecule is CSC1CC(=O)N(C(C)C(C)(C)C(=O)NCCC(C)C)C1=O. The molecule has 0 aromatic rings. The maximum atomic E-state index is 12.4. The second-order valence-corrected chi connectivity index (χ2v) is 7.91. The second-order valence-electron chi connectivity index (χ2n) is 6.87. The molecule has 5 nitrogen and oxygen atoms in total. The Morgan fingerprint density at radius 3 is 2.41 bits per heavy atom. The summed E-state index contributed by atoms with van der Waals surface area (Å²) in [4.78, 5) is 38.2. The average molecular weight is 328 g/mol. The van der Waals surface area contributed by atoms with E-state index in [0.717, 1.165) is 6.42 Å². The molecule has 0 spiro atoms. The van der Waals surface area contributed by atoms with E-state index in [2.05, 4.69) is 19.2 Å². The van der Waals surface area contributed by atoms with Crippen LogP contribution in [0.25, 0.3) is 0 Å². The van der Waals surface area contributed by atoms with E-state index < -0.39 is 11.5 Å². The van der Waals surface area contributed by atoms with Crippen LogP contribution in [0, 0.1) is 11.3 Å². The van der Waals surface area contributed by atoms with Gasteiger partial charge in [0, 0.05) is 13.0 Å². The third kappa shape index (κ3) is 4.03. The summed E-state index contributed by atoms with van der Waals surface area (Å²) >= 11 is 1.39. The number of amides is 3. The summed E-state index contributed by atoms with van der Waals surface area (Å²) in [7, 11) is 0. The monoisotopic (exact) mass is 328 g/mol. The van der Waals surface area contributed by atoms with Crippen molar-refractivity contribution in [3.05, 3.63) is 0 Å². The zero-order valence-electron chi connectivity index (χ0n) is 14.4. The number of carbonyl (C=O) groups is 3. The number of imide groups is 1. The fourth-order valence-electron chi connectivity index (χ4n) is 2.43. The van der Waals surface area contributed by atoms with Crippen molar-refractivity contribution in [2.24, 2.45) is 11.3 Å². The van der Waals surface area contributed by atoms with Gasteiger partial charge in [-0.05, 0) is 39.4 Å². The van der Waals surface area contributed by atoms with Gasteiger partial charge in [0.05, 0.1) is 16.7 Å². The Labute approximate surface area is 137 Å². The van der Waals surface area contributed by atoms with Gasteiger partial charge in [0.15, 0.2) is 0 Å². The Bertz CT molecular complexity index is 449. The smallest absolute Gasteiger partial charge is 0.243 e. The highest BCUT2D eigenvalue weighted by Gasteiger charge is 2.47. The third-order valence-corrected chi connectivity index (χ3v) is 5.39. The summed E-state index contributed by atoms with van der Waals surface area (Å²) in [5.41, 5.74) is -0.810. The van der Waals surface area contributed by atoms with E-state index >= 15 is 0 Å². The van der Waals surface area contributed by atoms with Gasteiger partial charge in [0.2, 0.25) is 17.7 Å². The third-order valence-electron chi connectivity index (χ3n) is 4.45. The molecule has 0 aromatic heterocycles. The van der Waals surface area contributed by atoms with Crippen LogP contribution in [-0.2, 0) is 14.4 Å². The van der Waals surface area contributed by atoms with Crippen molar-refractivity contribution in [2.45, 2.75) is 58.8 Å². The van der Waals surface area contributed by atoms with Crippen molar-refractivity contribution in [1.82, 2.24) is 10.2 Å². The minimum Gasteiger partial charge on any atom is -0.356 e. The van der Waals surface area contributed by atoms with Crippen molar-refractivity contribution in [2.75, 3.05) is 12.8 Å². The summed E-state index contributed by atoms with van der Waals surface area (Å²) in [6.45, 7) is 10.2. The molecule has 1 rings (SSSR count). The highest BCUT2D eigenvalue weighted by molar-refractivity contribution is 8.00. The molecular weight excluding hydrogens is 300 g/mol. The number of rotatable bonds is 7. The molecule has 0 aliphatic carbocycles. The Kier molecular flexibility index (Phi) is 6.47. The first-order valence-corrected chi connectivity index (χ1v) is 9.08. The normalized spacial score (nSPS) is 20.7. The Hall–Kier alpha value is -1.04. The molecule has 1 saturated heterocycles. The standard InChI is InChI=1S/C16H28N2O3S/c1-10(2)7-8-17-15(21)16(4,5)11(3)18-13(19)9-12(22-6)14(18)20/h10-12H,7-9H2,1-6H3,(H,17,21). The Morgan fingerprint density at radius 2 is 1.95 bits per heavy atom. The lowest BCUT2D eigenvalue weighted by Crippen LogP contribution is -2.53. The van der Waals surface area contributed by atoms with Gasteiger partial charge in [0.1, 0.15) is 0 Å².